The number of aryl methyl sites for hydroxylation is 2. The van der Waals surface area contributed by atoms with Crippen LogP contribution >= 0.6 is 0 Å². The molecule has 4 N–H and O–H groups in total. The summed E-state index contributed by atoms with van der Waals surface area (Å²) in [4.78, 5) is 8.86. The molecule has 1 aromatic heterocycles. The molecule has 5 heteroatoms. The molecule has 0 bridgehead atoms. The third-order valence-corrected chi connectivity index (χ3v) is 3.03. The van der Waals surface area contributed by atoms with Gasteiger partial charge in [-0.2, -0.15) is 4.98 Å². The Hall–Kier alpha value is -2.14. The molecule has 0 spiro atoms. The van der Waals surface area contributed by atoms with Crippen LogP contribution < -0.4 is 16.6 Å². The molecule has 0 fully saturated rings. The van der Waals surface area contributed by atoms with Gasteiger partial charge >= 0.3 is 0 Å². The minimum Gasteiger partial charge on any atom is -0.324 e. The Labute approximate surface area is 113 Å². The van der Waals surface area contributed by atoms with E-state index < -0.39 is 0 Å². The highest BCUT2D eigenvalue weighted by molar-refractivity contribution is 5.57. The van der Waals surface area contributed by atoms with E-state index in [9.17, 15) is 0 Å². The first-order valence-corrected chi connectivity index (χ1v) is 6.32. The Morgan fingerprint density at radius 1 is 1.11 bits per heavy atom. The van der Waals surface area contributed by atoms with Gasteiger partial charge in [-0.05, 0) is 32.4 Å². The normalized spacial score (nSPS) is 10.3. The number of aromatic nitrogens is 2. The Bertz CT molecular complexity index is 538. The van der Waals surface area contributed by atoms with Crippen molar-refractivity contribution in [1.29, 1.82) is 0 Å². The Morgan fingerprint density at radius 2 is 1.79 bits per heavy atom. The van der Waals surface area contributed by atoms with E-state index in [0.717, 1.165) is 23.4 Å². The van der Waals surface area contributed by atoms with E-state index in [1.54, 1.807) is 0 Å². The minimum atomic E-state index is 0.555. The monoisotopic (exact) mass is 257 g/mol. The molecule has 0 unspecified atom stereocenters. The number of rotatable bonds is 4. The van der Waals surface area contributed by atoms with Crippen LogP contribution in [0, 0.1) is 13.8 Å². The Kier molecular flexibility index (Phi) is 3.97. The number of nitrogens with zero attached hydrogens (tertiary/aromatic N) is 2. The third kappa shape index (κ3) is 3.00. The number of hydrogen-bond acceptors (Lipinski definition) is 5. The first kappa shape index (κ1) is 13.3. The number of nitrogen functional groups attached to an aromatic ring is 1. The predicted octanol–water partition coefficient (Wildman–Crippen LogP) is 2.69. The molecule has 0 aliphatic carbocycles. The van der Waals surface area contributed by atoms with Crippen LogP contribution in [0.25, 0.3) is 0 Å². The second-order valence-corrected chi connectivity index (χ2v) is 4.46. The molecule has 100 valence electrons. The molecule has 1 heterocycles. The summed E-state index contributed by atoms with van der Waals surface area (Å²) in [5.74, 6) is 6.70. The molecule has 5 nitrogen and oxygen atoms in total. The molecular formula is C14H19N5. The van der Waals surface area contributed by atoms with Gasteiger partial charge in [0.05, 0.1) is 5.69 Å². The maximum Gasteiger partial charge on any atom is 0.229 e. The Morgan fingerprint density at radius 3 is 2.37 bits per heavy atom. The lowest BCUT2D eigenvalue weighted by molar-refractivity contribution is 0.972. The summed E-state index contributed by atoms with van der Waals surface area (Å²) in [5, 5.41) is 3.19. The number of anilines is 3. The topological polar surface area (TPSA) is 75.9 Å². The Balaban J connectivity index is 2.32. The maximum absolute atomic E-state index is 5.49. The molecule has 0 aliphatic heterocycles. The van der Waals surface area contributed by atoms with E-state index in [2.05, 4.69) is 34.6 Å². The van der Waals surface area contributed by atoms with Gasteiger partial charge in [-0.25, -0.2) is 10.8 Å². The number of nitrogens with one attached hydrogen (secondary N) is 2. The van der Waals surface area contributed by atoms with E-state index >= 15 is 0 Å². The highest BCUT2D eigenvalue weighted by Crippen LogP contribution is 2.20. The highest BCUT2D eigenvalue weighted by Gasteiger charge is 2.08. The molecule has 0 saturated carbocycles. The summed E-state index contributed by atoms with van der Waals surface area (Å²) < 4.78 is 0. The molecular weight excluding hydrogens is 238 g/mol. The molecule has 0 amide bonds. The average Bonchev–Trinajstić information content (AvgIpc) is 2.43. The molecule has 19 heavy (non-hydrogen) atoms. The van der Waals surface area contributed by atoms with Crippen LogP contribution in [-0.2, 0) is 6.42 Å². The summed E-state index contributed by atoms with van der Waals surface area (Å²) in [6, 6.07) is 8.08. The minimum absolute atomic E-state index is 0.555. The lowest BCUT2D eigenvalue weighted by Gasteiger charge is -2.12. The van der Waals surface area contributed by atoms with Gasteiger partial charge in [0.15, 0.2) is 0 Å². The zero-order valence-electron chi connectivity index (χ0n) is 11.5. The van der Waals surface area contributed by atoms with E-state index in [4.69, 9.17) is 5.84 Å². The SMILES string of the molecule is CCc1nc(Nc2ccc(C)cc2)nc(NN)c1C. The van der Waals surface area contributed by atoms with E-state index in [1.165, 1.54) is 5.56 Å². The summed E-state index contributed by atoms with van der Waals surface area (Å²) in [6.45, 7) is 6.08. The molecule has 0 atom stereocenters. The van der Waals surface area contributed by atoms with Crippen molar-refractivity contribution in [3.8, 4) is 0 Å². The van der Waals surface area contributed by atoms with Crippen molar-refractivity contribution in [3.63, 3.8) is 0 Å². The number of benzene rings is 1. The molecule has 0 saturated heterocycles. The zero-order valence-corrected chi connectivity index (χ0v) is 11.5. The number of nitrogens with two attached hydrogens (primary N) is 1. The lowest BCUT2D eigenvalue weighted by atomic mass is 10.2. The second kappa shape index (κ2) is 5.67. The van der Waals surface area contributed by atoms with Crippen LogP contribution in [0.15, 0.2) is 24.3 Å². The summed E-state index contributed by atoms with van der Waals surface area (Å²) in [6.07, 6.45) is 0.839. The van der Waals surface area contributed by atoms with Crippen LogP contribution in [-0.4, -0.2) is 9.97 Å². The van der Waals surface area contributed by atoms with E-state index in [0.29, 0.717) is 11.8 Å². The summed E-state index contributed by atoms with van der Waals surface area (Å²) >= 11 is 0. The van der Waals surface area contributed by atoms with Crippen LogP contribution in [0.4, 0.5) is 17.5 Å². The van der Waals surface area contributed by atoms with Crippen molar-refractivity contribution in [3.05, 3.63) is 41.1 Å². The first-order chi connectivity index (χ1) is 9.13. The van der Waals surface area contributed by atoms with Crippen molar-refractivity contribution in [2.24, 2.45) is 5.84 Å². The van der Waals surface area contributed by atoms with Gasteiger partial charge in [-0.1, -0.05) is 24.6 Å². The van der Waals surface area contributed by atoms with Crippen molar-refractivity contribution < 1.29 is 0 Å². The molecule has 1 aromatic carbocycles. The molecule has 0 aliphatic rings. The van der Waals surface area contributed by atoms with Crippen LogP contribution in [0.1, 0.15) is 23.7 Å². The van der Waals surface area contributed by atoms with Crippen LogP contribution in [0.3, 0.4) is 0 Å². The molecule has 0 radical (unpaired) electrons. The number of hydrazine groups is 1. The number of hydrogen-bond donors (Lipinski definition) is 3. The van der Waals surface area contributed by atoms with Crippen molar-refractivity contribution in [2.75, 3.05) is 10.7 Å². The second-order valence-electron chi connectivity index (χ2n) is 4.46. The van der Waals surface area contributed by atoms with Gasteiger partial charge in [-0.3, -0.25) is 0 Å². The summed E-state index contributed by atoms with van der Waals surface area (Å²) in [7, 11) is 0. The van der Waals surface area contributed by atoms with Gasteiger partial charge in [0, 0.05) is 11.3 Å². The molecule has 2 rings (SSSR count). The van der Waals surface area contributed by atoms with Crippen LogP contribution in [0.2, 0.25) is 0 Å². The van der Waals surface area contributed by atoms with Gasteiger partial charge in [0.1, 0.15) is 5.82 Å². The van der Waals surface area contributed by atoms with Gasteiger partial charge in [0.2, 0.25) is 5.95 Å². The van der Waals surface area contributed by atoms with Crippen molar-refractivity contribution in [2.45, 2.75) is 27.2 Å². The first-order valence-electron chi connectivity index (χ1n) is 6.32. The smallest absolute Gasteiger partial charge is 0.229 e. The van der Waals surface area contributed by atoms with E-state index in [-0.39, 0.29) is 0 Å². The molecule has 2 aromatic rings. The van der Waals surface area contributed by atoms with Crippen molar-refractivity contribution >= 4 is 17.5 Å². The van der Waals surface area contributed by atoms with Gasteiger partial charge in [0.25, 0.3) is 0 Å². The highest BCUT2D eigenvalue weighted by atomic mass is 15.3. The van der Waals surface area contributed by atoms with Gasteiger partial charge in [-0.15, -0.1) is 0 Å². The average molecular weight is 257 g/mol. The van der Waals surface area contributed by atoms with Gasteiger partial charge < -0.3 is 10.7 Å². The largest absolute Gasteiger partial charge is 0.324 e. The summed E-state index contributed by atoms with van der Waals surface area (Å²) in [5.41, 5.74) is 6.76. The maximum atomic E-state index is 5.49. The van der Waals surface area contributed by atoms with Crippen molar-refractivity contribution in [1.82, 2.24) is 9.97 Å². The lowest BCUT2D eigenvalue weighted by Crippen LogP contribution is -2.13. The van der Waals surface area contributed by atoms with Crippen LogP contribution in [0.5, 0.6) is 0 Å². The fraction of sp³-hybridized carbons (Fsp3) is 0.286. The fourth-order valence-corrected chi connectivity index (χ4v) is 1.87. The third-order valence-electron chi connectivity index (χ3n) is 3.03. The predicted molar refractivity (Wildman–Crippen MR) is 78.4 cm³/mol. The zero-order chi connectivity index (χ0) is 13.8. The standard InChI is InChI=1S/C14H19N5/c1-4-12-10(3)13(19-15)18-14(17-12)16-11-7-5-9(2)6-8-11/h5-8H,4,15H2,1-3H3,(H2,16,17,18,19). The fourth-order valence-electron chi connectivity index (χ4n) is 1.87. The quantitative estimate of drug-likeness (QED) is 0.580. The van der Waals surface area contributed by atoms with E-state index in [1.807, 2.05) is 31.2 Å².